The number of alkyl carbamates (subject to hydrolysis) is 1. The fraction of sp³-hybridized carbons (Fsp3) is 0.489. The van der Waals surface area contributed by atoms with Crippen LogP contribution in [0.25, 0.3) is 11.1 Å². The number of rotatable bonds is 16. The number of ketones is 1. The first-order valence-corrected chi connectivity index (χ1v) is 20.7. The average molecular weight is 778 g/mol. The number of fused-ring (bicyclic) bond motifs is 1. The molecular weight excluding hydrogens is 723 g/mol. The van der Waals surface area contributed by atoms with E-state index >= 15 is 0 Å². The van der Waals surface area contributed by atoms with Crippen molar-refractivity contribution < 1.29 is 33.1 Å². The van der Waals surface area contributed by atoms with Crippen molar-refractivity contribution >= 4 is 40.5 Å². The third-order valence-electron chi connectivity index (χ3n) is 11.8. The smallest absolute Gasteiger partial charge is 0.407 e. The van der Waals surface area contributed by atoms with E-state index in [1.54, 1.807) is 30.3 Å². The molecule has 4 N–H and O–H groups in total. The molecule has 7 rings (SSSR count). The van der Waals surface area contributed by atoms with Crippen molar-refractivity contribution in [3.05, 3.63) is 95.9 Å². The molecule has 4 aromatic rings. The number of carbonyl (C=O) groups excluding carboxylic acids is 4. The van der Waals surface area contributed by atoms with E-state index in [0.29, 0.717) is 54.7 Å². The van der Waals surface area contributed by atoms with Crippen LogP contribution in [0.5, 0.6) is 0 Å². The van der Waals surface area contributed by atoms with Crippen molar-refractivity contribution in [2.45, 2.75) is 108 Å². The number of nitrogens with zero attached hydrogens (tertiary/aromatic N) is 2. The van der Waals surface area contributed by atoms with E-state index in [1.807, 2.05) is 48.5 Å². The number of likely N-dealkylation sites (tertiary alicyclic amines) is 1. The molecule has 57 heavy (non-hydrogen) atoms. The largest absolute Gasteiger partial charge is 0.449 e. The molecule has 1 saturated heterocycles. The predicted octanol–water partition coefficient (Wildman–Crippen LogP) is 6.80. The molecule has 302 valence electrons. The first kappa shape index (κ1) is 40.0. The summed E-state index contributed by atoms with van der Waals surface area (Å²) in [6.45, 7) is 1.03. The van der Waals surface area contributed by atoms with Crippen LogP contribution in [0.4, 0.5) is 10.5 Å². The normalized spacial score (nSPS) is 20.0. The SMILES string of the molecule is Nc1ccc(C[C@H](NC(=O)[C@@H]2C[C@@H](OCC3CCCCC3)CN2C(=O)[C@@H](CCc2ccccc2)NC(=O)OCC2CCCC2)C(=O)c2nc3ccccc3o2)cc1. The fourth-order valence-electron chi connectivity index (χ4n) is 8.50. The van der Waals surface area contributed by atoms with Crippen molar-refractivity contribution in [3.8, 4) is 0 Å². The number of para-hydroxylation sites is 2. The van der Waals surface area contributed by atoms with Crippen LogP contribution in [-0.2, 0) is 31.9 Å². The molecule has 3 fully saturated rings. The lowest BCUT2D eigenvalue weighted by molar-refractivity contribution is -0.140. The third-order valence-corrected chi connectivity index (χ3v) is 11.8. The van der Waals surface area contributed by atoms with Gasteiger partial charge in [-0.2, -0.15) is 0 Å². The summed E-state index contributed by atoms with van der Waals surface area (Å²) in [5, 5.41) is 5.85. The van der Waals surface area contributed by atoms with Crippen molar-refractivity contribution in [2.75, 3.05) is 25.5 Å². The number of nitrogens with one attached hydrogen (secondary N) is 2. The molecule has 2 saturated carbocycles. The highest BCUT2D eigenvalue weighted by Crippen LogP contribution is 2.29. The molecule has 3 aromatic carbocycles. The van der Waals surface area contributed by atoms with E-state index in [4.69, 9.17) is 19.6 Å². The minimum absolute atomic E-state index is 0.119. The first-order valence-electron chi connectivity index (χ1n) is 20.7. The van der Waals surface area contributed by atoms with Crippen LogP contribution in [0.1, 0.15) is 92.4 Å². The number of nitrogen functional groups attached to an aromatic ring is 1. The molecule has 4 atom stereocenters. The highest BCUT2D eigenvalue weighted by molar-refractivity contribution is 6.01. The number of Topliss-reactive ketones (excluding diaryl/α,β-unsaturated/α-hetero) is 1. The lowest BCUT2D eigenvalue weighted by atomic mass is 9.90. The Labute approximate surface area is 334 Å². The predicted molar refractivity (Wildman–Crippen MR) is 216 cm³/mol. The minimum Gasteiger partial charge on any atom is -0.449 e. The van der Waals surface area contributed by atoms with Gasteiger partial charge < -0.3 is 35.2 Å². The number of carbonyl (C=O) groups is 4. The molecule has 2 aliphatic carbocycles. The monoisotopic (exact) mass is 777 g/mol. The molecule has 12 heteroatoms. The van der Waals surface area contributed by atoms with Gasteiger partial charge in [-0.3, -0.25) is 14.4 Å². The number of oxazole rings is 1. The zero-order valence-corrected chi connectivity index (χ0v) is 32.6. The van der Waals surface area contributed by atoms with Gasteiger partial charge in [-0.05, 0) is 85.8 Å². The van der Waals surface area contributed by atoms with Gasteiger partial charge in [-0.15, -0.1) is 0 Å². The molecule has 12 nitrogen and oxygen atoms in total. The van der Waals surface area contributed by atoms with Gasteiger partial charge in [0.15, 0.2) is 5.58 Å². The van der Waals surface area contributed by atoms with Gasteiger partial charge in [0, 0.05) is 31.7 Å². The van der Waals surface area contributed by atoms with Gasteiger partial charge in [-0.1, -0.05) is 86.7 Å². The van der Waals surface area contributed by atoms with Crippen molar-refractivity contribution in [1.82, 2.24) is 20.5 Å². The second kappa shape index (κ2) is 19.3. The molecule has 1 aromatic heterocycles. The van der Waals surface area contributed by atoms with E-state index in [2.05, 4.69) is 15.6 Å². The van der Waals surface area contributed by atoms with E-state index in [1.165, 1.54) is 24.2 Å². The maximum absolute atomic E-state index is 14.7. The Morgan fingerprint density at radius 2 is 1.47 bits per heavy atom. The van der Waals surface area contributed by atoms with E-state index in [-0.39, 0.29) is 25.3 Å². The summed E-state index contributed by atoms with van der Waals surface area (Å²) < 4.78 is 18.0. The molecule has 3 amide bonds. The van der Waals surface area contributed by atoms with E-state index in [0.717, 1.165) is 49.7 Å². The zero-order valence-electron chi connectivity index (χ0n) is 32.6. The summed E-state index contributed by atoms with van der Waals surface area (Å²) in [5.41, 5.74) is 9.30. The number of hydrogen-bond acceptors (Lipinski definition) is 9. The summed E-state index contributed by atoms with van der Waals surface area (Å²) in [7, 11) is 0. The molecule has 0 bridgehead atoms. The van der Waals surface area contributed by atoms with Gasteiger partial charge in [0.05, 0.1) is 12.7 Å². The molecule has 1 aliphatic heterocycles. The second-order valence-electron chi connectivity index (χ2n) is 16.0. The highest BCUT2D eigenvalue weighted by Gasteiger charge is 2.44. The quantitative estimate of drug-likeness (QED) is 0.0819. The Morgan fingerprint density at radius 3 is 2.21 bits per heavy atom. The van der Waals surface area contributed by atoms with Crippen LogP contribution in [0, 0.1) is 11.8 Å². The molecule has 2 heterocycles. The molecule has 0 spiro atoms. The number of benzene rings is 3. The van der Waals surface area contributed by atoms with Crippen LogP contribution in [0.15, 0.2) is 83.3 Å². The van der Waals surface area contributed by atoms with Gasteiger partial charge in [-0.25, -0.2) is 9.78 Å². The molecule has 0 unspecified atom stereocenters. The Morgan fingerprint density at radius 1 is 0.789 bits per heavy atom. The number of anilines is 1. The lowest BCUT2D eigenvalue weighted by Crippen LogP contribution is -2.55. The van der Waals surface area contributed by atoms with Gasteiger partial charge in [0.2, 0.25) is 17.6 Å². The fourth-order valence-corrected chi connectivity index (χ4v) is 8.50. The first-order chi connectivity index (χ1) is 27.8. The van der Waals surface area contributed by atoms with Gasteiger partial charge in [0.25, 0.3) is 5.89 Å². The molecule has 3 aliphatic rings. The molecular formula is C45H55N5O7. The minimum atomic E-state index is -1.06. The Hall–Kier alpha value is -5.23. The number of hydrogen-bond donors (Lipinski definition) is 3. The maximum atomic E-state index is 14.7. The average Bonchev–Trinajstić information content (AvgIpc) is 4.02. The summed E-state index contributed by atoms with van der Waals surface area (Å²) in [5.74, 6) is -0.753. The summed E-state index contributed by atoms with van der Waals surface area (Å²) in [6, 6.07) is 21.0. The number of nitrogens with two attached hydrogens (primary N) is 1. The van der Waals surface area contributed by atoms with E-state index in [9.17, 15) is 19.2 Å². The Kier molecular flexibility index (Phi) is 13.5. The van der Waals surface area contributed by atoms with Crippen LogP contribution < -0.4 is 16.4 Å². The van der Waals surface area contributed by atoms with Crippen molar-refractivity contribution in [2.24, 2.45) is 11.8 Å². The summed E-state index contributed by atoms with van der Waals surface area (Å²) in [4.78, 5) is 62.6. The number of amides is 3. The Bertz CT molecular complexity index is 1920. The lowest BCUT2D eigenvalue weighted by Gasteiger charge is -2.29. The van der Waals surface area contributed by atoms with E-state index < -0.39 is 47.9 Å². The summed E-state index contributed by atoms with van der Waals surface area (Å²) >= 11 is 0. The highest BCUT2D eigenvalue weighted by atomic mass is 16.5. The number of ether oxygens (including phenoxy) is 2. The van der Waals surface area contributed by atoms with Crippen molar-refractivity contribution in [3.63, 3.8) is 0 Å². The van der Waals surface area contributed by atoms with Crippen LogP contribution in [0.3, 0.4) is 0 Å². The van der Waals surface area contributed by atoms with Gasteiger partial charge in [0.1, 0.15) is 23.6 Å². The Balaban J connectivity index is 1.13. The number of aryl methyl sites for hydroxylation is 1. The second-order valence-corrected chi connectivity index (χ2v) is 16.0. The zero-order chi connectivity index (χ0) is 39.6. The maximum Gasteiger partial charge on any atom is 0.407 e. The topological polar surface area (TPSA) is 166 Å². The van der Waals surface area contributed by atoms with Crippen molar-refractivity contribution in [1.29, 1.82) is 0 Å². The molecule has 0 radical (unpaired) electrons. The summed E-state index contributed by atoms with van der Waals surface area (Å²) in [6.07, 6.45) is 10.2. The third kappa shape index (κ3) is 10.8. The number of aromatic nitrogens is 1. The van der Waals surface area contributed by atoms with Crippen LogP contribution >= 0.6 is 0 Å². The van der Waals surface area contributed by atoms with Crippen LogP contribution in [-0.4, -0.2) is 77.6 Å². The van der Waals surface area contributed by atoms with Crippen LogP contribution in [0.2, 0.25) is 0 Å². The van der Waals surface area contributed by atoms with Gasteiger partial charge >= 0.3 is 6.09 Å². The standard InChI is InChI=1S/C45H55N5O7/c46-34-22-19-31(20-23-34)25-38(41(51)43-48-36-17-9-10-18-40(36)57-43)47-42(52)39-26-35(55-28-32-13-5-2-6-14-32)27-50(39)44(53)37(24-21-30-11-3-1-4-12-30)49-45(54)56-29-33-15-7-8-16-33/h1,3-4,9-12,17-20,22-23,32-33,35,37-39H,2,5-8,13-16,21,24-29,46H2,(H,47,52)(H,49,54)/t35-,37-,38+,39+/m1/s1.